The Balaban J connectivity index is 2.04. The van der Waals surface area contributed by atoms with Crippen molar-refractivity contribution in [2.24, 2.45) is 0 Å². The Morgan fingerprint density at radius 2 is 1.93 bits per heavy atom. The Labute approximate surface area is 165 Å². The Morgan fingerprint density at radius 3 is 2.52 bits per heavy atom. The highest BCUT2D eigenvalue weighted by Gasteiger charge is 2.35. The van der Waals surface area contributed by atoms with Gasteiger partial charge in [0.1, 0.15) is 5.69 Å². The number of rotatable bonds is 5. The number of hydrogen-bond acceptors (Lipinski definition) is 4. The van der Waals surface area contributed by atoms with Crippen molar-refractivity contribution in [3.63, 3.8) is 0 Å². The van der Waals surface area contributed by atoms with Crippen molar-refractivity contribution in [3.05, 3.63) is 68.4 Å². The third-order valence-corrected chi connectivity index (χ3v) is 4.24. The summed E-state index contributed by atoms with van der Waals surface area (Å²) in [4.78, 5) is 18.5. The predicted octanol–water partition coefficient (Wildman–Crippen LogP) is 4.61. The zero-order valence-electron chi connectivity index (χ0n) is 14.7. The second-order valence-electron chi connectivity index (χ2n) is 6.23. The van der Waals surface area contributed by atoms with Crippen LogP contribution >= 0.6 is 11.6 Å². The van der Waals surface area contributed by atoms with E-state index in [1.807, 2.05) is 0 Å². The second-order valence-corrected chi connectivity index (χ2v) is 6.64. The maximum Gasteiger partial charge on any atom is 0.417 e. The van der Waals surface area contributed by atoms with E-state index in [1.54, 1.807) is 0 Å². The van der Waals surface area contributed by atoms with E-state index in [0.717, 1.165) is 12.1 Å². The SMILES string of the molecule is CC(F)(F)c1nc(Nc2cn[nH]c2)[nH]c(=O)c1Cc1ccc(Cl)c(C(F)(F)F)c1. The molecule has 0 fully saturated rings. The summed E-state index contributed by atoms with van der Waals surface area (Å²) in [5, 5.41) is 8.23. The molecule has 12 heteroatoms. The number of nitrogens with one attached hydrogen (secondary N) is 3. The number of aromatic amines is 2. The van der Waals surface area contributed by atoms with Gasteiger partial charge in [-0.1, -0.05) is 17.7 Å². The topological polar surface area (TPSA) is 86.5 Å². The number of H-pyrrole nitrogens is 2. The van der Waals surface area contributed by atoms with E-state index in [4.69, 9.17) is 11.6 Å². The molecule has 29 heavy (non-hydrogen) atoms. The lowest BCUT2D eigenvalue weighted by molar-refractivity contribution is -0.137. The van der Waals surface area contributed by atoms with Crippen LogP contribution in [0.15, 0.2) is 35.4 Å². The Morgan fingerprint density at radius 1 is 1.21 bits per heavy atom. The quantitative estimate of drug-likeness (QED) is 0.513. The van der Waals surface area contributed by atoms with Crippen molar-refractivity contribution in [3.8, 4) is 0 Å². The molecular weight excluding hydrogens is 421 g/mol. The van der Waals surface area contributed by atoms with Gasteiger partial charge in [-0.2, -0.15) is 27.1 Å². The highest BCUT2D eigenvalue weighted by atomic mass is 35.5. The minimum atomic E-state index is -4.73. The van der Waals surface area contributed by atoms with Crippen molar-refractivity contribution in [2.75, 3.05) is 5.32 Å². The van der Waals surface area contributed by atoms with Gasteiger partial charge in [0.25, 0.3) is 11.5 Å². The van der Waals surface area contributed by atoms with Gasteiger partial charge in [-0.15, -0.1) is 0 Å². The molecule has 0 aliphatic carbocycles. The van der Waals surface area contributed by atoms with Gasteiger partial charge in [0.2, 0.25) is 5.95 Å². The Kier molecular flexibility index (Phi) is 5.35. The lowest BCUT2D eigenvalue weighted by Crippen LogP contribution is -2.25. The van der Waals surface area contributed by atoms with Gasteiger partial charge in [0.05, 0.1) is 22.5 Å². The summed E-state index contributed by atoms with van der Waals surface area (Å²) >= 11 is 5.57. The van der Waals surface area contributed by atoms with Gasteiger partial charge in [0.15, 0.2) is 0 Å². The average molecular weight is 434 g/mol. The average Bonchev–Trinajstić information content (AvgIpc) is 3.09. The molecule has 0 radical (unpaired) electrons. The van der Waals surface area contributed by atoms with Gasteiger partial charge in [-0.25, -0.2) is 4.98 Å². The molecule has 3 N–H and O–H groups in total. The fraction of sp³-hybridized carbons (Fsp3) is 0.235. The second kappa shape index (κ2) is 7.47. The molecule has 3 aromatic rings. The molecule has 3 rings (SSSR count). The summed E-state index contributed by atoms with van der Waals surface area (Å²) in [6.07, 6.45) is -2.48. The number of nitrogens with zero attached hydrogens (tertiary/aromatic N) is 2. The molecule has 0 saturated carbocycles. The predicted molar refractivity (Wildman–Crippen MR) is 95.6 cm³/mol. The van der Waals surface area contributed by atoms with E-state index in [9.17, 15) is 26.7 Å². The number of hydrogen-bond donors (Lipinski definition) is 3. The van der Waals surface area contributed by atoms with E-state index < -0.39 is 45.9 Å². The molecule has 0 amide bonds. The van der Waals surface area contributed by atoms with Crippen LogP contribution in [-0.2, 0) is 18.5 Å². The fourth-order valence-electron chi connectivity index (χ4n) is 2.64. The highest BCUT2D eigenvalue weighted by Crippen LogP contribution is 2.36. The van der Waals surface area contributed by atoms with Crippen LogP contribution in [0.1, 0.15) is 29.3 Å². The molecule has 0 aliphatic heterocycles. The summed E-state index contributed by atoms with van der Waals surface area (Å²) in [7, 11) is 0. The van der Waals surface area contributed by atoms with E-state index in [0.29, 0.717) is 12.6 Å². The zero-order chi connectivity index (χ0) is 21.4. The van der Waals surface area contributed by atoms with Gasteiger partial charge in [-0.05, 0) is 17.7 Å². The lowest BCUT2D eigenvalue weighted by atomic mass is 10.0. The van der Waals surface area contributed by atoms with Crippen molar-refractivity contribution in [1.29, 1.82) is 0 Å². The largest absolute Gasteiger partial charge is 0.417 e. The monoisotopic (exact) mass is 433 g/mol. The van der Waals surface area contributed by atoms with Gasteiger partial charge >= 0.3 is 6.18 Å². The molecule has 0 bridgehead atoms. The molecule has 0 spiro atoms. The van der Waals surface area contributed by atoms with Crippen LogP contribution in [0.4, 0.5) is 33.6 Å². The summed E-state index contributed by atoms with van der Waals surface area (Å²) in [5.41, 5.74) is -2.99. The van der Waals surface area contributed by atoms with Gasteiger partial charge < -0.3 is 5.32 Å². The van der Waals surface area contributed by atoms with Crippen LogP contribution in [0.3, 0.4) is 0 Å². The van der Waals surface area contributed by atoms with Crippen LogP contribution in [0, 0.1) is 0 Å². The van der Waals surface area contributed by atoms with Crippen LogP contribution in [0.2, 0.25) is 5.02 Å². The standard InChI is InChI=1S/C17H13ClF5N5O/c1-16(19,20)13-10(4-8-2-3-12(18)11(5-8)17(21,22)23)14(29)28-15(27-13)26-9-6-24-25-7-9/h2-3,5-7H,4H2,1H3,(H,24,25)(H2,26,27,28,29). The number of aromatic nitrogens is 4. The minimum absolute atomic E-state index is 0.0185. The van der Waals surface area contributed by atoms with Crippen molar-refractivity contribution in [1.82, 2.24) is 20.2 Å². The summed E-state index contributed by atoms with van der Waals surface area (Å²) in [6.45, 7) is 0.545. The maximum absolute atomic E-state index is 14.1. The van der Waals surface area contributed by atoms with E-state index in [2.05, 4.69) is 25.5 Å². The number of halogens is 6. The first-order chi connectivity index (χ1) is 13.4. The first-order valence-electron chi connectivity index (χ1n) is 8.08. The smallest absolute Gasteiger partial charge is 0.323 e. The molecule has 0 atom stereocenters. The molecule has 2 aromatic heterocycles. The maximum atomic E-state index is 14.1. The molecule has 1 aromatic carbocycles. The van der Waals surface area contributed by atoms with E-state index in [-0.39, 0.29) is 11.5 Å². The summed E-state index contributed by atoms with van der Waals surface area (Å²) in [5.74, 6) is -3.78. The van der Waals surface area contributed by atoms with Gasteiger partial charge in [-0.3, -0.25) is 14.9 Å². The van der Waals surface area contributed by atoms with Crippen LogP contribution in [0.5, 0.6) is 0 Å². The van der Waals surface area contributed by atoms with Crippen molar-refractivity contribution < 1.29 is 22.0 Å². The summed E-state index contributed by atoms with van der Waals surface area (Å²) < 4.78 is 67.4. The zero-order valence-corrected chi connectivity index (χ0v) is 15.4. The molecule has 6 nitrogen and oxygen atoms in total. The highest BCUT2D eigenvalue weighted by molar-refractivity contribution is 6.31. The molecule has 154 valence electrons. The summed E-state index contributed by atoms with van der Waals surface area (Å²) in [6, 6.07) is 2.95. The molecule has 2 heterocycles. The fourth-order valence-corrected chi connectivity index (χ4v) is 2.87. The number of alkyl halides is 5. The number of anilines is 2. The third-order valence-electron chi connectivity index (χ3n) is 3.91. The number of benzene rings is 1. The Hall–Kier alpha value is -2.95. The van der Waals surface area contributed by atoms with Crippen LogP contribution in [-0.4, -0.2) is 20.2 Å². The van der Waals surface area contributed by atoms with Crippen LogP contribution < -0.4 is 10.9 Å². The van der Waals surface area contributed by atoms with Crippen molar-refractivity contribution in [2.45, 2.75) is 25.4 Å². The molecule has 0 aliphatic rings. The van der Waals surface area contributed by atoms with E-state index in [1.165, 1.54) is 18.5 Å². The lowest BCUT2D eigenvalue weighted by Gasteiger charge is -2.16. The van der Waals surface area contributed by atoms with E-state index >= 15 is 0 Å². The third kappa shape index (κ3) is 4.73. The normalized spacial score (nSPS) is 12.2. The Bertz CT molecular complexity index is 1070. The molecular formula is C17H13ClF5N5O. The van der Waals surface area contributed by atoms with Gasteiger partial charge in [0, 0.05) is 25.1 Å². The first-order valence-corrected chi connectivity index (χ1v) is 8.46. The minimum Gasteiger partial charge on any atom is -0.323 e. The first kappa shape index (κ1) is 20.8. The van der Waals surface area contributed by atoms with Crippen LogP contribution in [0.25, 0.3) is 0 Å². The van der Waals surface area contributed by atoms with Crippen molar-refractivity contribution >= 4 is 23.2 Å². The molecule has 0 unspecified atom stereocenters. The molecule has 0 saturated heterocycles.